The summed E-state index contributed by atoms with van der Waals surface area (Å²) in [5, 5.41) is 0. The molecule has 0 aromatic heterocycles. The van der Waals surface area contributed by atoms with Crippen molar-refractivity contribution in [1.82, 2.24) is 0 Å². The topological polar surface area (TPSA) is 26.0 Å². The van der Waals surface area contributed by atoms with Crippen LogP contribution in [0.1, 0.15) is 58.8 Å². The van der Waals surface area contributed by atoms with Crippen molar-refractivity contribution < 1.29 is 0 Å². The number of nitrogens with two attached hydrogens (primary N) is 1. The Labute approximate surface area is 106 Å². The van der Waals surface area contributed by atoms with Gasteiger partial charge in [-0.05, 0) is 60.7 Å². The van der Waals surface area contributed by atoms with Gasteiger partial charge in [-0.1, -0.05) is 13.8 Å². The van der Waals surface area contributed by atoms with Gasteiger partial charge in [-0.15, -0.1) is 12.3 Å². The van der Waals surface area contributed by atoms with E-state index in [0.29, 0.717) is 16.2 Å². The van der Waals surface area contributed by atoms with E-state index in [1.54, 1.807) is 0 Å². The van der Waals surface area contributed by atoms with Gasteiger partial charge >= 0.3 is 0 Å². The van der Waals surface area contributed by atoms with E-state index in [-0.39, 0.29) is 6.04 Å². The summed E-state index contributed by atoms with van der Waals surface area (Å²) in [4.78, 5) is 0. The van der Waals surface area contributed by atoms with Crippen molar-refractivity contribution in [1.29, 1.82) is 0 Å². The van der Waals surface area contributed by atoms with Gasteiger partial charge in [-0.3, -0.25) is 0 Å². The highest BCUT2D eigenvalue weighted by molar-refractivity contribution is 5.14. The fourth-order valence-corrected chi connectivity index (χ4v) is 6.29. The normalized spacial score (nSPS) is 53.4. The van der Waals surface area contributed by atoms with Crippen LogP contribution >= 0.6 is 0 Å². The Morgan fingerprint density at radius 1 is 1.18 bits per heavy atom. The maximum absolute atomic E-state index is 6.46. The Kier molecular flexibility index (Phi) is 2.25. The fourth-order valence-electron chi connectivity index (χ4n) is 6.29. The largest absolute Gasteiger partial charge is 0.326 e. The summed E-state index contributed by atoms with van der Waals surface area (Å²) in [6.07, 6.45) is 14.5. The van der Waals surface area contributed by atoms with Crippen LogP contribution in [-0.4, -0.2) is 6.04 Å². The average Bonchev–Trinajstić information content (AvgIpc) is 2.11. The van der Waals surface area contributed by atoms with Crippen molar-refractivity contribution in [3.05, 3.63) is 0 Å². The number of terminal acetylenes is 1. The zero-order chi connectivity index (χ0) is 12.3. The van der Waals surface area contributed by atoms with E-state index in [4.69, 9.17) is 12.2 Å². The third-order valence-electron chi connectivity index (χ3n) is 5.79. The van der Waals surface area contributed by atoms with Crippen molar-refractivity contribution >= 4 is 0 Å². The highest BCUT2D eigenvalue weighted by Gasteiger charge is 2.61. The van der Waals surface area contributed by atoms with Crippen molar-refractivity contribution in [3.63, 3.8) is 0 Å². The van der Waals surface area contributed by atoms with Crippen LogP contribution in [0.3, 0.4) is 0 Å². The minimum absolute atomic E-state index is 0.231. The lowest BCUT2D eigenvalue weighted by atomic mass is 9.39. The number of rotatable bonds is 2. The third-order valence-corrected chi connectivity index (χ3v) is 5.79. The molecule has 1 nitrogen and oxygen atoms in total. The molecule has 0 aromatic carbocycles. The van der Waals surface area contributed by atoms with Crippen LogP contribution in [0.4, 0.5) is 0 Å². The van der Waals surface area contributed by atoms with E-state index in [2.05, 4.69) is 19.8 Å². The van der Waals surface area contributed by atoms with Gasteiger partial charge in [0.15, 0.2) is 0 Å². The number of hydrogen-bond acceptors (Lipinski definition) is 1. The molecule has 4 aliphatic carbocycles. The minimum atomic E-state index is 0.231. The number of hydrogen-bond donors (Lipinski definition) is 1. The molecule has 94 valence electrons. The van der Waals surface area contributed by atoms with Gasteiger partial charge in [-0.25, -0.2) is 0 Å². The summed E-state index contributed by atoms with van der Waals surface area (Å²) in [7, 11) is 0. The van der Waals surface area contributed by atoms with Gasteiger partial charge in [0.1, 0.15) is 0 Å². The lowest BCUT2D eigenvalue weighted by Crippen LogP contribution is -2.60. The molecule has 0 amide bonds. The SMILES string of the molecule is C#CCC(N)C12CC3CC(C)(CC(C)(C3)C1)C2. The van der Waals surface area contributed by atoms with Gasteiger partial charge in [-0.2, -0.15) is 0 Å². The Bertz CT molecular complexity index is 359. The quantitative estimate of drug-likeness (QED) is 0.725. The van der Waals surface area contributed by atoms with E-state index in [9.17, 15) is 0 Å². The molecule has 0 aromatic rings. The molecule has 0 heterocycles. The van der Waals surface area contributed by atoms with Crippen LogP contribution in [0.5, 0.6) is 0 Å². The van der Waals surface area contributed by atoms with Gasteiger partial charge in [0.05, 0.1) is 0 Å². The first-order valence-electron chi connectivity index (χ1n) is 7.08. The molecule has 0 spiro atoms. The highest BCUT2D eigenvalue weighted by Crippen LogP contribution is 2.70. The minimum Gasteiger partial charge on any atom is -0.326 e. The van der Waals surface area contributed by atoms with Crippen LogP contribution in [0.2, 0.25) is 0 Å². The molecular weight excluding hydrogens is 206 g/mol. The molecular formula is C16H25N. The molecule has 0 radical (unpaired) electrons. The van der Waals surface area contributed by atoms with Gasteiger partial charge in [0.25, 0.3) is 0 Å². The van der Waals surface area contributed by atoms with Crippen molar-refractivity contribution in [3.8, 4) is 12.3 Å². The molecule has 1 heteroatoms. The maximum atomic E-state index is 6.46. The molecule has 4 rings (SSSR count). The van der Waals surface area contributed by atoms with Gasteiger partial charge in [0.2, 0.25) is 0 Å². The maximum Gasteiger partial charge on any atom is 0.0243 e. The van der Waals surface area contributed by atoms with E-state index in [1.165, 1.54) is 38.5 Å². The van der Waals surface area contributed by atoms with Crippen molar-refractivity contribution in [2.24, 2.45) is 27.9 Å². The molecule has 4 fully saturated rings. The summed E-state index contributed by atoms with van der Waals surface area (Å²) in [6, 6.07) is 0.231. The molecule has 4 saturated carbocycles. The summed E-state index contributed by atoms with van der Waals surface area (Å²) < 4.78 is 0. The first kappa shape index (κ1) is 11.6. The monoisotopic (exact) mass is 231 g/mol. The van der Waals surface area contributed by atoms with E-state index < -0.39 is 0 Å². The van der Waals surface area contributed by atoms with Gasteiger partial charge in [0, 0.05) is 12.5 Å². The van der Waals surface area contributed by atoms with Crippen LogP contribution in [0, 0.1) is 34.5 Å². The van der Waals surface area contributed by atoms with Crippen LogP contribution in [0.25, 0.3) is 0 Å². The van der Waals surface area contributed by atoms with Crippen molar-refractivity contribution in [2.45, 2.75) is 64.8 Å². The Balaban J connectivity index is 1.95. The molecule has 4 aliphatic rings. The molecule has 3 unspecified atom stereocenters. The van der Waals surface area contributed by atoms with Crippen LogP contribution < -0.4 is 5.73 Å². The van der Waals surface area contributed by atoms with E-state index >= 15 is 0 Å². The molecule has 0 saturated heterocycles. The molecule has 0 aliphatic heterocycles. The zero-order valence-corrected chi connectivity index (χ0v) is 11.3. The Hall–Kier alpha value is -0.480. The van der Waals surface area contributed by atoms with E-state index in [0.717, 1.165) is 12.3 Å². The summed E-state index contributed by atoms with van der Waals surface area (Å²) in [5.41, 5.74) is 7.94. The lowest BCUT2D eigenvalue weighted by molar-refractivity contribution is -0.153. The second-order valence-corrected chi connectivity index (χ2v) is 8.01. The van der Waals surface area contributed by atoms with Crippen LogP contribution in [-0.2, 0) is 0 Å². The summed E-state index contributed by atoms with van der Waals surface area (Å²) >= 11 is 0. The standard InChI is InChI=1S/C16H25N/c1-4-5-13(17)16-8-12-6-14(2,10-16)9-15(3,7-12)11-16/h1,12-13H,5-11,17H2,2-3H3. The first-order chi connectivity index (χ1) is 7.89. The Morgan fingerprint density at radius 3 is 2.24 bits per heavy atom. The molecule has 17 heavy (non-hydrogen) atoms. The molecule has 3 atom stereocenters. The molecule has 2 N–H and O–H groups in total. The zero-order valence-electron chi connectivity index (χ0n) is 11.3. The van der Waals surface area contributed by atoms with E-state index in [1.807, 2.05) is 0 Å². The predicted octanol–water partition coefficient (Wildman–Crippen LogP) is 3.33. The summed E-state index contributed by atoms with van der Waals surface area (Å²) in [6.45, 7) is 4.99. The highest BCUT2D eigenvalue weighted by atomic mass is 14.8. The first-order valence-corrected chi connectivity index (χ1v) is 7.08. The predicted molar refractivity (Wildman–Crippen MR) is 71.3 cm³/mol. The second-order valence-electron chi connectivity index (χ2n) is 8.01. The average molecular weight is 231 g/mol. The Morgan fingerprint density at radius 2 is 1.76 bits per heavy atom. The van der Waals surface area contributed by atoms with Gasteiger partial charge < -0.3 is 5.73 Å². The second kappa shape index (κ2) is 3.29. The third kappa shape index (κ3) is 1.65. The lowest BCUT2D eigenvalue weighted by Gasteiger charge is -2.66. The van der Waals surface area contributed by atoms with Crippen LogP contribution in [0.15, 0.2) is 0 Å². The smallest absolute Gasteiger partial charge is 0.0243 e. The fraction of sp³-hybridized carbons (Fsp3) is 0.875. The van der Waals surface area contributed by atoms with Crippen molar-refractivity contribution in [2.75, 3.05) is 0 Å². The summed E-state index contributed by atoms with van der Waals surface area (Å²) in [5.74, 6) is 3.71. The molecule has 4 bridgehead atoms.